The lowest BCUT2D eigenvalue weighted by molar-refractivity contribution is -0.384. The molecule has 142 valence electrons. The van der Waals surface area contributed by atoms with Gasteiger partial charge in [0.25, 0.3) is 11.6 Å². The quantitative estimate of drug-likeness (QED) is 0.416. The van der Waals surface area contributed by atoms with Gasteiger partial charge >= 0.3 is 0 Å². The Balaban J connectivity index is 2.06. The highest BCUT2D eigenvalue weighted by Gasteiger charge is 2.13. The van der Waals surface area contributed by atoms with E-state index in [-0.39, 0.29) is 12.3 Å². The van der Waals surface area contributed by atoms with E-state index in [9.17, 15) is 14.9 Å². The predicted octanol–water partition coefficient (Wildman–Crippen LogP) is 2.97. The van der Waals surface area contributed by atoms with Crippen LogP contribution in [0, 0.1) is 10.1 Å². The van der Waals surface area contributed by atoms with E-state index in [0.717, 1.165) is 18.8 Å². The molecule has 0 unspecified atom stereocenters. The standard InChI is InChI=1S/C19H22N4O4/c1-3-22(4-2)18-11-10-16(23(25)26)12-15(18)13-20-21-19(24)14-27-17-8-6-5-7-9-17/h5-13H,3-4,14H2,1-2H3,(H,21,24)/b20-13-. The number of amides is 1. The third-order valence-corrected chi connectivity index (χ3v) is 3.83. The molecular formula is C19H22N4O4. The maximum Gasteiger partial charge on any atom is 0.277 e. The van der Waals surface area contributed by atoms with Gasteiger partial charge in [-0.2, -0.15) is 5.10 Å². The minimum atomic E-state index is -0.463. The van der Waals surface area contributed by atoms with Crippen molar-refractivity contribution in [2.75, 3.05) is 24.6 Å². The summed E-state index contributed by atoms with van der Waals surface area (Å²) in [6.07, 6.45) is 1.40. The number of anilines is 1. The van der Waals surface area contributed by atoms with E-state index >= 15 is 0 Å². The number of hydrazone groups is 1. The monoisotopic (exact) mass is 370 g/mol. The Bertz CT molecular complexity index is 805. The predicted molar refractivity (Wildman–Crippen MR) is 104 cm³/mol. The molecule has 0 aliphatic carbocycles. The van der Waals surface area contributed by atoms with Crippen molar-refractivity contribution < 1.29 is 14.5 Å². The molecule has 0 spiro atoms. The Labute approximate surface area is 157 Å². The summed E-state index contributed by atoms with van der Waals surface area (Å²) in [6.45, 7) is 5.29. The molecule has 0 saturated carbocycles. The molecule has 1 N–H and O–H groups in total. The van der Waals surface area contributed by atoms with Crippen LogP contribution in [0.2, 0.25) is 0 Å². The summed E-state index contributed by atoms with van der Waals surface area (Å²) in [5.41, 5.74) is 3.70. The summed E-state index contributed by atoms with van der Waals surface area (Å²) in [5.74, 6) is 0.157. The van der Waals surface area contributed by atoms with Crippen LogP contribution < -0.4 is 15.1 Å². The molecular weight excluding hydrogens is 348 g/mol. The van der Waals surface area contributed by atoms with E-state index in [2.05, 4.69) is 10.5 Å². The van der Waals surface area contributed by atoms with Gasteiger partial charge in [0.05, 0.1) is 11.1 Å². The summed E-state index contributed by atoms with van der Waals surface area (Å²) in [5, 5.41) is 14.9. The van der Waals surface area contributed by atoms with Gasteiger partial charge in [-0.05, 0) is 32.0 Å². The van der Waals surface area contributed by atoms with Crippen LogP contribution in [0.5, 0.6) is 5.75 Å². The number of nitro benzene ring substituents is 1. The largest absolute Gasteiger partial charge is 0.484 e. The number of nitro groups is 1. The zero-order chi connectivity index (χ0) is 19.6. The molecule has 0 heterocycles. The van der Waals surface area contributed by atoms with Crippen LogP contribution in [-0.2, 0) is 4.79 Å². The Morgan fingerprint density at radius 2 is 1.93 bits per heavy atom. The number of carbonyl (C=O) groups excluding carboxylic acids is 1. The first-order valence-corrected chi connectivity index (χ1v) is 8.58. The van der Waals surface area contributed by atoms with E-state index in [1.807, 2.05) is 36.9 Å². The lowest BCUT2D eigenvalue weighted by Crippen LogP contribution is -2.25. The summed E-state index contributed by atoms with van der Waals surface area (Å²) < 4.78 is 5.33. The summed E-state index contributed by atoms with van der Waals surface area (Å²) in [4.78, 5) is 24.5. The van der Waals surface area contributed by atoms with Gasteiger partial charge in [0.15, 0.2) is 6.61 Å². The van der Waals surface area contributed by atoms with Crippen LogP contribution in [0.1, 0.15) is 19.4 Å². The van der Waals surface area contributed by atoms with Gasteiger partial charge in [0, 0.05) is 36.5 Å². The first-order chi connectivity index (χ1) is 13.0. The number of rotatable bonds is 9. The van der Waals surface area contributed by atoms with Crippen LogP contribution in [0.3, 0.4) is 0 Å². The van der Waals surface area contributed by atoms with Crippen molar-refractivity contribution in [3.8, 4) is 5.75 Å². The second-order valence-corrected chi connectivity index (χ2v) is 5.57. The van der Waals surface area contributed by atoms with Crippen molar-refractivity contribution in [2.45, 2.75) is 13.8 Å². The lowest BCUT2D eigenvalue weighted by Gasteiger charge is -2.22. The van der Waals surface area contributed by atoms with Gasteiger partial charge in [0.1, 0.15) is 5.75 Å². The molecule has 0 bridgehead atoms. The van der Waals surface area contributed by atoms with E-state index in [1.54, 1.807) is 18.2 Å². The number of para-hydroxylation sites is 1. The average Bonchev–Trinajstić information content (AvgIpc) is 2.69. The number of hydrogen-bond acceptors (Lipinski definition) is 6. The lowest BCUT2D eigenvalue weighted by atomic mass is 10.1. The molecule has 8 nitrogen and oxygen atoms in total. The first kappa shape index (κ1) is 19.9. The minimum absolute atomic E-state index is 0.0360. The zero-order valence-electron chi connectivity index (χ0n) is 15.3. The maximum atomic E-state index is 11.8. The highest BCUT2D eigenvalue weighted by atomic mass is 16.6. The third-order valence-electron chi connectivity index (χ3n) is 3.83. The Hall–Kier alpha value is -3.42. The normalized spacial score (nSPS) is 10.6. The summed E-state index contributed by atoms with van der Waals surface area (Å²) in [7, 11) is 0. The highest BCUT2D eigenvalue weighted by molar-refractivity contribution is 5.90. The number of nitrogens with one attached hydrogen (secondary N) is 1. The molecule has 2 rings (SSSR count). The zero-order valence-corrected chi connectivity index (χ0v) is 15.3. The Morgan fingerprint density at radius 1 is 1.22 bits per heavy atom. The van der Waals surface area contributed by atoms with Gasteiger partial charge in [0.2, 0.25) is 0 Å². The molecule has 0 aromatic heterocycles. The van der Waals surface area contributed by atoms with Crippen molar-refractivity contribution in [1.82, 2.24) is 5.43 Å². The van der Waals surface area contributed by atoms with Gasteiger partial charge < -0.3 is 9.64 Å². The number of non-ortho nitro benzene ring substituents is 1. The fourth-order valence-corrected chi connectivity index (χ4v) is 2.48. The molecule has 2 aromatic rings. The number of nitrogens with zero attached hydrogens (tertiary/aromatic N) is 3. The molecule has 0 atom stereocenters. The Kier molecular flexibility index (Phi) is 7.30. The van der Waals surface area contributed by atoms with Crippen molar-refractivity contribution in [3.63, 3.8) is 0 Å². The molecule has 27 heavy (non-hydrogen) atoms. The Morgan fingerprint density at radius 3 is 2.56 bits per heavy atom. The number of carbonyl (C=O) groups is 1. The van der Waals surface area contributed by atoms with Crippen molar-refractivity contribution >= 4 is 23.5 Å². The molecule has 0 aliphatic rings. The topological polar surface area (TPSA) is 97.1 Å². The van der Waals surface area contributed by atoms with Gasteiger partial charge in [-0.3, -0.25) is 14.9 Å². The smallest absolute Gasteiger partial charge is 0.277 e. The number of hydrogen-bond donors (Lipinski definition) is 1. The van der Waals surface area contributed by atoms with Crippen LogP contribution >= 0.6 is 0 Å². The van der Waals surface area contributed by atoms with Gasteiger partial charge in [-0.25, -0.2) is 5.43 Å². The fourth-order valence-electron chi connectivity index (χ4n) is 2.48. The van der Waals surface area contributed by atoms with Gasteiger partial charge in [-0.1, -0.05) is 18.2 Å². The van der Waals surface area contributed by atoms with Gasteiger partial charge in [-0.15, -0.1) is 0 Å². The summed E-state index contributed by atoms with van der Waals surface area (Å²) in [6, 6.07) is 13.5. The SMILES string of the molecule is CCN(CC)c1ccc([N+](=O)[O-])cc1/C=N\NC(=O)COc1ccccc1. The average molecular weight is 370 g/mol. The fraction of sp³-hybridized carbons (Fsp3) is 0.263. The summed E-state index contributed by atoms with van der Waals surface area (Å²) >= 11 is 0. The second-order valence-electron chi connectivity index (χ2n) is 5.57. The molecule has 1 amide bonds. The number of benzene rings is 2. The van der Waals surface area contributed by atoms with E-state index in [1.165, 1.54) is 18.3 Å². The molecule has 0 radical (unpaired) electrons. The van der Waals surface area contributed by atoms with Crippen molar-refractivity contribution in [1.29, 1.82) is 0 Å². The molecule has 8 heteroatoms. The van der Waals surface area contributed by atoms with E-state index in [4.69, 9.17) is 4.74 Å². The van der Waals surface area contributed by atoms with Crippen molar-refractivity contribution in [2.24, 2.45) is 5.10 Å². The van der Waals surface area contributed by atoms with Crippen LogP contribution in [0.4, 0.5) is 11.4 Å². The van der Waals surface area contributed by atoms with Crippen molar-refractivity contribution in [3.05, 3.63) is 64.2 Å². The van der Waals surface area contributed by atoms with Crippen LogP contribution in [0.25, 0.3) is 0 Å². The van der Waals surface area contributed by atoms with Crippen LogP contribution in [0.15, 0.2) is 53.6 Å². The van der Waals surface area contributed by atoms with Crippen LogP contribution in [-0.4, -0.2) is 36.7 Å². The second kappa shape index (κ2) is 9.91. The van der Waals surface area contributed by atoms with E-state index in [0.29, 0.717) is 11.3 Å². The first-order valence-electron chi connectivity index (χ1n) is 8.58. The molecule has 0 aliphatic heterocycles. The molecule has 0 saturated heterocycles. The van der Waals surface area contributed by atoms with E-state index < -0.39 is 10.8 Å². The molecule has 0 fully saturated rings. The highest BCUT2D eigenvalue weighted by Crippen LogP contribution is 2.24. The molecule has 2 aromatic carbocycles. The minimum Gasteiger partial charge on any atom is -0.484 e. The third kappa shape index (κ3) is 5.81. The number of ether oxygens (including phenoxy) is 1. The maximum absolute atomic E-state index is 11.8.